The summed E-state index contributed by atoms with van der Waals surface area (Å²) in [5, 5.41) is 8.87. The maximum absolute atomic E-state index is 5.29. The summed E-state index contributed by atoms with van der Waals surface area (Å²) in [5.41, 5.74) is 2.16. The Kier molecular flexibility index (Phi) is 3.02. The van der Waals surface area contributed by atoms with Gasteiger partial charge in [-0.1, -0.05) is 23.0 Å². The normalized spacial score (nSPS) is 10.3. The second kappa shape index (κ2) is 4.28. The summed E-state index contributed by atoms with van der Waals surface area (Å²) in [7, 11) is 1.66. The standard InChI is InChI=1S/C10H9BrN2OS/c1-6-3-4-8(14-2)7(5-6)9-12-13-10(11)15-9/h3-5H,1-2H3. The van der Waals surface area contributed by atoms with Crippen molar-refractivity contribution in [1.82, 2.24) is 10.2 Å². The summed E-state index contributed by atoms with van der Waals surface area (Å²) < 4.78 is 6.07. The van der Waals surface area contributed by atoms with Gasteiger partial charge in [0, 0.05) is 0 Å². The van der Waals surface area contributed by atoms with Crippen LogP contribution in [0.15, 0.2) is 22.1 Å². The van der Waals surface area contributed by atoms with E-state index in [1.807, 2.05) is 25.1 Å². The third kappa shape index (κ3) is 2.18. The third-order valence-electron chi connectivity index (χ3n) is 1.99. The molecular formula is C10H9BrN2OS. The molecule has 15 heavy (non-hydrogen) atoms. The van der Waals surface area contributed by atoms with Crippen LogP contribution in [-0.2, 0) is 0 Å². The Morgan fingerprint density at radius 3 is 2.73 bits per heavy atom. The predicted octanol–water partition coefficient (Wildman–Crippen LogP) is 3.28. The van der Waals surface area contributed by atoms with E-state index in [9.17, 15) is 0 Å². The lowest BCUT2D eigenvalue weighted by Gasteiger charge is -2.05. The minimum absolute atomic E-state index is 0.779. The van der Waals surface area contributed by atoms with Gasteiger partial charge >= 0.3 is 0 Å². The molecule has 1 heterocycles. The van der Waals surface area contributed by atoms with E-state index in [-0.39, 0.29) is 0 Å². The molecule has 5 heteroatoms. The predicted molar refractivity (Wildman–Crippen MR) is 64.3 cm³/mol. The molecule has 0 aliphatic heterocycles. The van der Waals surface area contributed by atoms with Crippen LogP contribution in [-0.4, -0.2) is 17.3 Å². The van der Waals surface area contributed by atoms with Gasteiger partial charge in [-0.05, 0) is 35.0 Å². The van der Waals surface area contributed by atoms with Crippen molar-refractivity contribution >= 4 is 27.3 Å². The number of halogens is 1. The van der Waals surface area contributed by atoms with Crippen molar-refractivity contribution < 1.29 is 4.74 Å². The van der Waals surface area contributed by atoms with Gasteiger partial charge in [0.1, 0.15) is 5.75 Å². The minimum Gasteiger partial charge on any atom is -0.496 e. The van der Waals surface area contributed by atoms with Gasteiger partial charge < -0.3 is 4.74 Å². The van der Waals surface area contributed by atoms with Gasteiger partial charge in [0.25, 0.3) is 0 Å². The van der Waals surface area contributed by atoms with Crippen LogP contribution in [0.1, 0.15) is 5.56 Å². The van der Waals surface area contributed by atoms with E-state index < -0.39 is 0 Å². The fourth-order valence-corrected chi connectivity index (χ4v) is 2.43. The first-order valence-corrected chi connectivity index (χ1v) is 5.95. The number of hydrogen-bond donors (Lipinski definition) is 0. The van der Waals surface area contributed by atoms with Crippen LogP contribution < -0.4 is 4.74 Å². The lowest BCUT2D eigenvalue weighted by atomic mass is 10.1. The average Bonchev–Trinajstić information content (AvgIpc) is 2.65. The van der Waals surface area contributed by atoms with Gasteiger partial charge in [0.15, 0.2) is 8.92 Å². The number of rotatable bonds is 2. The van der Waals surface area contributed by atoms with E-state index in [1.165, 1.54) is 16.9 Å². The van der Waals surface area contributed by atoms with Crippen molar-refractivity contribution in [3.05, 3.63) is 27.7 Å². The zero-order valence-corrected chi connectivity index (χ0v) is 10.7. The minimum atomic E-state index is 0.779. The molecule has 78 valence electrons. The van der Waals surface area contributed by atoms with Crippen LogP contribution in [0.2, 0.25) is 0 Å². The summed E-state index contributed by atoms with van der Waals surface area (Å²) in [6, 6.07) is 6.00. The molecule has 0 atom stereocenters. The zero-order valence-electron chi connectivity index (χ0n) is 8.32. The Hall–Kier alpha value is -0.940. The highest BCUT2D eigenvalue weighted by molar-refractivity contribution is 9.11. The van der Waals surface area contributed by atoms with Crippen LogP contribution >= 0.6 is 27.3 Å². The first-order chi connectivity index (χ1) is 7.20. The quantitative estimate of drug-likeness (QED) is 0.849. The molecule has 2 rings (SSSR count). The Bertz CT molecular complexity index is 484. The summed E-state index contributed by atoms with van der Waals surface area (Å²) >= 11 is 4.79. The SMILES string of the molecule is COc1ccc(C)cc1-c1nnc(Br)s1. The lowest BCUT2D eigenvalue weighted by Crippen LogP contribution is -1.88. The molecule has 0 aliphatic carbocycles. The van der Waals surface area contributed by atoms with Gasteiger partial charge in [-0.15, -0.1) is 10.2 Å². The molecule has 0 amide bonds. The molecule has 0 radical (unpaired) electrons. The summed E-state index contributed by atoms with van der Waals surface area (Å²) in [6.07, 6.45) is 0. The number of methoxy groups -OCH3 is 1. The number of aryl methyl sites for hydroxylation is 1. The largest absolute Gasteiger partial charge is 0.496 e. The summed E-state index contributed by atoms with van der Waals surface area (Å²) in [4.78, 5) is 0. The van der Waals surface area contributed by atoms with Gasteiger partial charge in [0.2, 0.25) is 0 Å². The van der Waals surface area contributed by atoms with Crippen molar-refractivity contribution in [1.29, 1.82) is 0 Å². The zero-order chi connectivity index (χ0) is 10.8. The highest BCUT2D eigenvalue weighted by Crippen LogP contribution is 2.33. The molecule has 3 nitrogen and oxygen atoms in total. The average molecular weight is 285 g/mol. The Labute approximate surface area is 100 Å². The van der Waals surface area contributed by atoms with E-state index in [4.69, 9.17) is 4.74 Å². The van der Waals surface area contributed by atoms with Crippen molar-refractivity contribution in [2.45, 2.75) is 6.92 Å². The Morgan fingerprint density at radius 2 is 2.13 bits per heavy atom. The molecule has 1 aromatic carbocycles. The van der Waals surface area contributed by atoms with E-state index in [0.717, 1.165) is 20.2 Å². The molecule has 0 aliphatic rings. The summed E-state index contributed by atoms with van der Waals surface area (Å²) in [5.74, 6) is 0.823. The molecule has 1 aromatic heterocycles. The highest BCUT2D eigenvalue weighted by atomic mass is 79.9. The molecule has 0 saturated carbocycles. The molecular weight excluding hydrogens is 276 g/mol. The van der Waals surface area contributed by atoms with Gasteiger partial charge in [0.05, 0.1) is 12.7 Å². The number of hydrogen-bond acceptors (Lipinski definition) is 4. The van der Waals surface area contributed by atoms with Crippen molar-refractivity contribution in [3.8, 4) is 16.3 Å². The number of ether oxygens (including phenoxy) is 1. The van der Waals surface area contributed by atoms with Crippen molar-refractivity contribution in [2.75, 3.05) is 7.11 Å². The van der Waals surface area contributed by atoms with Crippen molar-refractivity contribution in [3.63, 3.8) is 0 Å². The molecule has 2 aromatic rings. The first kappa shape index (κ1) is 10.6. The molecule has 0 saturated heterocycles. The molecule has 0 N–H and O–H groups in total. The Morgan fingerprint density at radius 1 is 1.33 bits per heavy atom. The molecule has 0 bridgehead atoms. The van der Waals surface area contributed by atoms with Crippen molar-refractivity contribution in [2.24, 2.45) is 0 Å². The maximum Gasteiger partial charge on any atom is 0.183 e. The van der Waals surface area contributed by atoms with Gasteiger partial charge in [-0.2, -0.15) is 0 Å². The second-order valence-electron chi connectivity index (χ2n) is 3.06. The van der Waals surface area contributed by atoms with Gasteiger partial charge in [-0.3, -0.25) is 0 Å². The number of nitrogens with zero attached hydrogens (tertiary/aromatic N) is 2. The molecule has 0 unspecified atom stereocenters. The van der Waals surface area contributed by atoms with Crippen LogP contribution in [0.25, 0.3) is 10.6 Å². The fourth-order valence-electron chi connectivity index (χ4n) is 1.30. The second-order valence-corrected chi connectivity index (χ2v) is 5.32. The van der Waals surface area contributed by atoms with E-state index in [2.05, 4.69) is 26.1 Å². The van der Waals surface area contributed by atoms with Gasteiger partial charge in [-0.25, -0.2) is 0 Å². The fraction of sp³-hybridized carbons (Fsp3) is 0.200. The number of aromatic nitrogens is 2. The number of benzene rings is 1. The monoisotopic (exact) mass is 284 g/mol. The van der Waals surface area contributed by atoms with E-state index >= 15 is 0 Å². The maximum atomic E-state index is 5.29. The molecule has 0 spiro atoms. The van der Waals surface area contributed by atoms with E-state index in [0.29, 0.717) is 0 Å². The summed E-state index contributed by atoms with van der Waals surface area (Å²) in [6.45, 7) is 2.04. The lowest BCUT2D eigenvalue weighted by molar-refractivity contribution is 0.416. The first-order valence-electron chi connectivity index (χ1n) is 4.34. The van der Waals surface area contributed by atoms with Crippen LogP contribution in [0.3, 0.4) is 0 Å². The van der Waals surface area contributed by atoms with Crippen LogP contribution in [0, 0.1) is 6.92 Å². The Balaban J connectivity index is 2.55. The van der Waals surface area contributed by atoms with Crippen LogP contribution in [0.5, 0.6) is 5.75 Å². The highest BCUT2D eigenvalue weighted by Gasteiger charge is 2.10. The topological polar surface area (TPSA) is 35.0 Å². The molecule has 0 fully saturated rings. The van der Waals surface area contributed by atoms with E-state index in [1.54, 1.807) is 7.11 Å². The smallest absolute Gasteiger partial charge is 0.183 e. The third-order valence-corrected chi connectivity index (χ3v) is 3.37. The van der Waals surface area contributed by atoms with Crippen LogP contribution in [0.4, 0.5) is 0 Å².